The van der Waals surface area contributed by atoms with Gasteiger partial charge in [-0.25, -0.2) is 8.78 Å². The van der Waals surface area contributed by atoms with E-state index in [0.29, 0.717) is 12.8 Å². The second-order valence-electron chi connectivity index (χ2n) is 5.79. The van der Waals surface area contributed by atoms with Crippen LogP contribution in [0.5, 0.6) is 0 Å². The number of hydrogen-bond donors (Lipinski definition) is 1. The van der Waals surface area contributed by atoms with Crippen molar-refractivity contribution in [2.24, 2.45) is 0 Å². The van der Waals surface area contributed by atoms with Crippen molar-refractivity contribution in [3.63, 3.8) is 0 Å². The van der Waals surface area contributed by atoms with Gasteiger partial charge in [-0.3, -0.25) is 14.5 Å². The third-order valence-corrected chi connectivity index (χ3v) is 4.25. The molecule has 0 saturated heterocycles. The molecule has 1 aromatic rings. The van der Waals surface area contributed by atoms with Crippen molar-refractivity contribution >= 4 is 11.8 Å². The quantitative estimate of drug-likeness (QED) is 0.851. The van der Waals surface area contributed by atoms with E-state index in [2.05, 4.69) is 0 Å². The Hall–Kier alpha value is -1.82. The van der Waals surface area contributed by atoms with Crippen LogP contribution in [0.15, 0.2) is 12.1 Å². The van der Waals surface area contributed by atoms with E-state index >= 15 is 0 Å². The van der Waals surface area contributed by atoms with Crippen LogP contribution >= 0.6 is 0 Å². The molecule has 4 nitrogen and oxygen atoms in total. The molecule has 1 fully saturated rings. The summed E-state index contributed by atoms with van der Waals surface area (Å²) in [5, 5.41) is 10.5. The fourth-order valence-corrected chi connectivity index (χ4v) is 3.09. The molecule has 0 unspecified atom stereocenters. The summed E-state index contributed by atoms with van der Waals surface area (Å²) in [7, 11) is 0. The molecule has 112 valence electrons. The molecule has 0 aromatic heterocycles. The lowest BCUT2D eigenvalue weighted by Crippen LogP contribution is -2.46. The fraction of sp³-hybridized carbons (Fsp3) is 0.467. The molecular weight excluding hydrogens is 280 g/mol. The van der Waals surface area contributed by atoms with Crippen molar-refractivity contribution in [1.82, 2.24) is 4.90 Å². The molecule has 0 radical (unpaired) electrons. The van der Waals surface area contributed by atoms with Gasteiger partial charge < -0.3 is 5.11 Å². The van der Waals surface area contributed by atoms with Crippen molar-refractivity contribution in [1.29, 1.82) is 0 Å². The number of hydrogen-bond acceptors (Lipinski definition) is 3. The number of fused-ring (bicyclic) bond motifs is 1. The maximum absolute atomic E-state index is 13.2. The highest BCUT2D eigenvalue weighted by molar-refractivity contribution is 6.21. The van der Waals surface area contributed by atoms with Crippen molar-refractivity contribution < 1.29 is 23.5 Å². The molecule has 0 spiro atoms. The minimum absolute atomic E-state index is 0.122. The SMILES string of the molecule is O=C1c2cc(F)c(F)cc2C(=O)N1CC1(O)CCCCC1. The van der Waals surface area contributed by atoms with E-state index in [1.807, 2.05) is 0 Å². The van der Waals surface area contributed by atoms with E-state index in [4.69, 9.17) is 0 Å². The monoisotopic (exact) mass is 295 g/mol. The zero-order chi connectivity index (χ0) is 15.2. The Morgan fingerprint density at radius 2 is 1.48 bits per heavy atom. The number of aliphatic hydroxyl groups is 1. The molecule has 1 aliphatic heterocycles. The lowest BCUT2D eigenvalue weighted by molar-refractivity contribution is -0.0177. The normalized spacial score (nSPS) is 20.8. The van der Waals surface area contributed by atoms with Crippen molar-refractivity contribution in [2.75, 3.05) is 6.54 Å². The summed E-state index contributed by atoms with van der Waals surface area (Å²) >= 11 is 0. The first-order chi connectivity index (χ1) is 9.91. The highest BCUT2D eigenvalue weighted by atomic mass is 19.2. The summed E-state index contributed by atoms with van der Waals surface area (Å²) in [6, 6.07) is 1.49. The molecule has 6 heteroatoms. The Labute approximate surface area is 120 Å². The zero-order valence-electron chi connectivity index (χ0n) is 11.4. The smallest absolute Gasteiger partial charge is 0.261 e. The van der Waals surface area contributed by atoms with Gasteiger partial charge in [-0.05, 0) is 25.0 Å². The molecule has 1 aliphatic carbocycles. The second-order valence-corrected chi connectivity index (χ2v) is 5.79. The molecule has 1 heterocycles. The van der Waals surface area contributed by atoms with E-state index in [1.54, 1.807) is 0 Å². The highest BCUT2D eigenvalue weighted by Crippen LogP contribution is 2.32. The standard InChI is InChI=1S/C15H15F2NO3/c16-11-6-9-10(7-12(11)17)14(20)18(13(9)19)8-15(21)4-2-1-3-5-15/h6-7,21H,1-5,8H2. The van der Waals surface area contributed by atoms with Crippen LogP contribution in [0, 0.1) is 11.6 Å². The van der Waals surface area contributed by atoms with Crippen LogP contribution in [0.25, 0.3) is 0 Å². The minimum atomic E-state index is -1.16. The third-order valence-electron chi connectivity index (χ3n) is 4.25. The van der Waals surface area contributed by atoms with Crippen LogP contribution in [0.3, 0.4) is 0 Å². The second kappa shape index (κ2) is 4.87. The fourth-order valence-electron chi connectivity index (χ4n) is 3.09. The van der Waals surface area contributed by atoms with Crippen molar-refractivity contribution in [3.05, 3.63) is 34.9 Å². The predicted molar refractivity (Wildman–Crippen MR) is 69.8 cm³/mol. The third kappa shape index (κ3) is 2.33. The highest BCUT2D eigenvalue weighted by Gasteiger charge is 2.42. The number of nitrogens with zero attached hydrogens (tertiary/aromatic N) is 1. The summed E-state index contributed by atoms with van der Waals surface area (Å²) < 4.78 is 26.5. The molecule has 1 aromatic carbocycles. The summed E-state index contributed by atoms with van der Waals surface area (Å²) in [4.78, 5) is 25.3. The van der Waals surface area contributed by atoms with Gasteiger partial charge in [-0.2, -0.15) is 0 Å². The summed E-state index contributed by atoms with van der Waals surface area (Å²) in [6.07, 6.45) is 3.72. The first kappa shape index (κ1) is 14.1. The minimum Gasteiger partial charge on any atom is -0.388 e. The first-order valence-corrected chi connectivity index (χ1v) is 6.99. The molecule has 2 aliphatic rings. The van der Waals surface area contributed by atoms with Crippen molar-refractivity contribution in [2.45, 2.75) is 37.7 Å². The predicted octanol–water partition coefficient (Wildman–Crippen LogP) is 2.26. The van der Waals surface area contributed by atoms with E-state index in [0.717, 1.165) is 36.3 Å². The average Bonchev–Trinajstić information content (AvgIpc) is 2.66. The molecule has 2 amide bonds. The van der Waals surface area contributed by atoms with Gasteiger partial charge >= 0.3 is 0 Å². The Bertz CT molecular complexity index is 583. The van der Waals surface area contributed by atoms with Gasteiger partial charge in [0.05, 0.1) is 23.3 Å². The number of carbonyl (C=O) groups excluding carboxylic acids is 2. The number of β-amino-alcohol motifs (C(OH)–C–C–N with tert-alkyl or cyclic N) is 1. The Kier molecular flexibility index (Phi) is 3.28. The van der Waals surface area contributed by atoms with Gasteiger partial charge in [0.25, 0.3) is 11.8 Å². The van der Waals surface area contributed by atoms with Crippen LogP contribution in [0.2, 0.25) is 0 Å². The summed E-state index contributed by atoms with van der Waals surface area (Å²) in [6.45, 7) is -0.122. The van der Waals surface area contributed by atoms with E-state index in [9.17, 15) is 23.5 Å². The molecule has 3 rings (SSSR count). The molecule has 1 N–H and O–H groups in total. The van der Waals surface area contributed by atoms with Crippen LogP contribution in [0.1, 0.15) is 52.8 Å². The van der Waals surface area contributed by atoms with Gasteiger partial charge in [0.15, 0.2) is 11.6 Å². The van der Waals surface area contributed by atoms with E-state index < -0.39 is 29.0 Å². The van der Waals surface area contributed by atoms with Gasteiger partial charge in [0.1, 0.15) is 0 Å². The van der Waals surface area contributed by atoms with Gasteiger partial charge in [-0.15, -0.1) is 0 Å². The van der Waals surface area contributed by atoms with E-state index in [1.165, 1.54) is 0 Å². The Morgan fingerprint density at radius 3 is 1.95 bits per heavy atom. The number of halogens is 2. The lowest BCUT2D eigenvalue weighted by atomic mass is 9.84. The average molecular weight is 295 g/mol. The zero-order valence-corrected chi connectivity index (χ0v) is 11.4. The van der Waals surface area contributed by atoms with Gasteiger partial charge in [0.2, 0.25) is 0 Å². The maximum Gasteiger partial charge on any atom is 0.261 e. The Morgan fingerprint density at radius 1 is 1.00 bits per heavy atom. The largest absolute Gasteiger partial charge is 0.388 e. The molecule has 1 saturated carbocycles. The van der Waals surface area contributed by atoms with Crippen LogP contribution < -0.4 is 0 Å². The number of amides is 2. The van der Waals surface area contributed by atoms with Crippen LogP contribution in [-0.4, -0.2) is 34.0 Å². The number of imide groups is 1. The van der Waals surface area contributed by atoms with Crippen LogP contribution in [0.4, 0.5) is 8.78 Å². The van der Waals surface area contributed by atoms with Gasteiger partial charge in [0, 0.05) is 0 Å². The summed E-state index contributed by atoms with van der Waals surface area (Å²) in [5.41, 5.74) is -1.38. The molecular formula is C15H15F2NO3. The maximum atomic E-state index is 13.2. The topological polar surface area (TPSA) is 57.6 Å². The molecule has 0 bridgehead atoms. The molecule has 21 heavy (non-hydrogen) atoms. The number of carbonyl (C=O) groups is 2. The lowest BCUT2D eigenvalue weighted by Gasteiger charge is -2.34. The van der Waals surface area contributed by atoms with E-state index in [-0.39, 0.29) is 17.7 Å². The Balaban J connectivity index is 1.89. The number of benzene rings is 1. The van der Waals surface area contributed by atoms with Crippen molar-refractivity contribution in [3.8, 4) is 0 Å². The molecule has 0 atom stereocenters. The van der Waals surface area contributed by atoms with Gasteiger partial charge in [-0.1, -0.05) is 19.3 Å². The number of rotatable bonds is 2. The van der Waals surface area contributed by atoms with Crippen LogP contribution in [-0.2, 0) is 0 Å². The summed E-state index contributed by atoms with van der Waals surface area (Å²) in [5.74, 6) is -3.66. The first-order valence-electron chi connectivity index (χ1n) is 6.99.